The number of aliphatic imine (C=N–C) groups is 1. The average molecular weight is 403 g/mol. The lowest BCUT2D eigenvalue weighted by atomic mass is 9.96. The first-order valence-electron chi connectivity index (χ1n) is 9.62. The summed E-state index contributed by atoms with van der Waals surface area (Å²) in [7, 11) is 0. The van der Waals surface area contributed by atoms with Gasteiger partial charge >= 0.3 is 0 Å². The highest BCUT2D eigenvalue weighted by Crippen LogP contribution is 2.17. The third kappa shape index (κ3) is 6.19. The number of hydrogen-bond donors (Lipinski definition) is 5. The van der Waals surface area contributed by atoms with E-state index in [1.807, 2.05) is 30.3 Å². The van der Waals surface area contributed by atoms with Crippen molar-refractivity contribution in [3.63, 3.8) is 0 Å². The maximum absolute atomic E-state index is 12.2. The second kappa shape index (κ2) is 10.0. The van der Waals surface area contributed by atoms with Crippen molar-refractivity contribution in [2.75, 3.05) is 0 Å². The Bertz CT molecular complexity index is 733. The van der Waals surface area contributed by atoms with Gasteiger partial charge in [0, 0.05) is 12.5 Å². The van der Waals surface area contributed by atoms with Crippen LogP contribution in [-0.2, 0) is 16.0 Å². The van der Waals surface area contributed by atoms with Gasteiger partial charge in [-0.2, -0.15) is 0 Å². The predicted octanol–water partition coefficient (Wildman–Crippen LogP) is 0.849. The maximum Gasteiger partial charge on any atom is 0.263 e. The molecule has 1 aromatic rings. The molecule has 1 fully saturated rings. The molecule has 1 aliphatic carbocycles. The van der Waals surface area contributed by atoms with Crippen LogP contribution in [0.2, 0.25) is 0 Å². The molecule has 0 saturated heterocycles. The number of benzene rings is 1. The van der Waals surface area contributed by atoms with Crippen LogP contribution in [0.5, 0.6) is 0 Å². The Hall–Kier alpha value is -2.68. The molecule has 28 heavy (non-hydrogen) atoms. The number of thiocarbonyl (C=S) groups is 1. The van der Waals surface area contributed by atoms with E-state index in [0.717, 1.165) is 18.4 Å². The number of nitrogens with zero attached hydrogens (tertiary/aromatic N) is 1. The highest BCUT2D eigenvalue weighted by atomic mass is 32.1. The molecule has 0 unspecified atom stereocenters. The van der Waals surface area contributed by atoms with E-state index in [-0.39, 0.29) is 18.2 Å². The number of amidine groups is 1. The molecule has 1 aliphatic heterocycles. The summed E-state index contributed by atoms with van der Waals surface area (Å²) in [5.41, 5.74) is 11.7. The fraction of sp³-hybridized carbons (Fsp3) is 0.474. The summed E-state index contributed by atoms with van der Waals surface area (Å²) >= 11 is 5.22. The Morgan fingerprint density at radius 3 is 2.61 bits per heavy atom. The fourth-order valence-corrected chi connectivity index (χ4v) is 3.55. The smallest absolute Gasteiger partial charge is 0.263 e. The predicted molar refractivity (Wildman–Crippen MR) is 111 cm³/mol. The van der Waals surface area contributed by atoms with E-state index in [1.54, 1.807) is 0 Å². The van der Waals surface area contributed by atoms with E-state index in [1.165, 1.54) is 19.3 Å². The van der Waals surface area contributed by atoms with Crippen LogP contribution in [-0.4, -0.2) is 34.8 Å². The molecule has 0 aromatic heterocycles. The van der Waals surface area contributed by atoms with Crippen molar-refractivity contribution < 1.29 is 9.59 Å². The molecular formula is C19H26N6O2S. The zero-order valence-electron chi connectivity index (χ0n) is 15.7. The van der Waals surface area contributed by atoms with Gasteiger partial charge in [0.25, 0.3) is 5.91 Å². The van der Waals surface area contributed by atoms with E-state index in [2.05, 4.69) is 32.0 Å². The molecule has 0 spiro atoms. The van der Waals surface area contributed by atoms with Crippen LogP contribution in [0.1, 0.15) is 44.1 Å². The lowest BCUT2D eigenvalue weighted by Gasteiger charge is -2.25. The summed E-state index contributed by atoms with van der Waals surface area (Å²) in [6.45, 7) is 0. The lowest BCUT2D eigenvalue weighted by molar-refractivity contribution is -0.128. The highest BCUT2D eigenvalue weighted by molar-refractivity contribution is 7.80. The quantitative estimate of drug-likeness (QED) is 0.369. The van der Waals surface area contributed by atoms with Crippen LogP contribution < -0.4 is 27.0 Å². The van der Waals surface area contributed by atoms with Crippen LogP contribution in [0.15, 0.2) is 35.3 Å². The summed E-state index contributed by atoms with van der Waals surface area (Å²) in [5, 5.41) is 3.60. The molecule has 9 heteroatoms. The average Bonchev–Trinajstić information content (AvgIpc) is 2.70. The number of hydrogen-bond acceptors (Lipinski definition) is 5. The van der Waals surface area contributed by atoms with Crippen LogP contribution in [0.25, 0.3) is 0 Å². The van der Waals surface area contributed by atoms with Gasteiger partial charge in [0.2, 0.25) is 5.91 Å². The van der Waals surface area contributed by atoms with Crippen molar-refractivity contribution in [1.29, 1.82) is 0 Å². The normalized spacial score (nSPS) is 19.6. The molecule has 5 N–H and O–H groups in total. The van der Waals surface area contributed by atoms with Crippen LogP contribution in [0.3, 0.4) is 0 Å². The molecule has 1 aromatic carbocycles. The fourth-order valence-electron chi connectivity index (χ4n) is 3.33. The molecule has 2 aliphatic rings. The first kappa shape index (κ1) is 20.1. The van der Waals surface area contributed by atoms with Crippen molar-refractivity contribution in [2.45, 2.75) is 57.0 Å². The maximum atomic E-state index is 12.2. The summed E-state index contributed by atoms with van der Waals surface area (Å²) in [6, 6.07) is 9.36. The Balaban J connectivity index is 1.45. The standard InChI is InChI=1S/C19H26N6O2S/c26-17(23-25-19(28)20-14-9-5-2-6-10-14)12-15-18(27)24-22-16(21-15)11-13-7-3-1-4-8-13/h1,3-4,7-8,14-15H,2,5-6,9-12H2,(H,21,22)(H,23,26)(H,24,27)(H2,20,25,28)/t15-/m1/s1. The van der Waals surface area contributed by atoms with Crippen molar-refractivity contribution in [3.05, 3.63) is 35.9 Å². The van der Waals surface area contributed by atoms with Gasteiger partial charge < -0.3 is 5.32 Å². The zero-order valence-corrected chi connectivity index (χ0v) is 16.5. The Morgan fingerprint density at radius 1 is 1.11 bits per heavy atom. The number of amides is 2. The molecular weight excluding hydrogens is 376 g/mol. The number of carbonyl (C=O) groups is 2. The summed E-state index contributed by atoms with van der Waals surface area (Å²) in [6.07, 6.45) is 6.31. The number of hydrazine groups is 2. The first-order chi connectivity index (χ1) is 13.6. The van der Waals surface area contributed by atoms with Gasteiger partial charge in [0.1, 0.15) is 11.9 Å². The Labute approximate surface area is 169 Å². The van der Waals surface area contributed by atoms with Crippen molar-refractivity contribution in [2.24, 2.45) is 4.99 Å². The molecule has 3 rings (SSSR count). The lowest BCUT2D eigenvalue weighted by Crippen LogP contribution is -2.54. The van der Waals surface area contributed by atoms with Crippen molar-refractivity contribution in [1.82, 2.24) is 27.0 Å². The van der Waals surface area contributed by atoms with Gasteiger partial charge in [0.05, 0.1) is 6.42 Å². The number of carbonyl (C=O) groups excluding carboxylic acids is 2. The van der Waals surface area contributed by atoms with E-state index in [0.29, 0.717) is 23.4 Å². The monoisotopic (exact) mass is 402 g/mol. The van der Waals surface area contributed by atoms with E-state index in [9.17, 15) is 9.59 Å². The van der Waals surface area contributed by atoms with E-state index in [4.69, 9.17) is 12.2 Å². The minimum Gasteiger partial charge on any atom is -0.359 e. The van der Waals surface area contributed by atoms with E-state index < -0.39 is 6.04 Å². The van der Waals surface area contributed by atoms with Crippen LogP contribution in [0.4, 0.5) is 0 Å². The van der Waals surface area contributed by atoms with Gasteiger partial charge in [-0.25, -0.2) is 0 Å². The third-order valence-electron chi connectivity index (χ3n) is 4.79. The summed E-state index contributed by atoms with van der Waals surface area (Å²) in [5.74, 6) is -0.0708. The minimum absolute atomic E-state index is 0.0646. The SMILES string of the molecule is O=C(C[C@H]1N=C(Cc2ccccc2)NNC1=O)NNC(=S)NC1CCCCC1. The van der Waals surface area contributed by atoms with Gasteiger partial charge in [-0.1, -0.05) is 49.6 Å². The largest absolute Gasteiger partial charge is 0.359 e. The molecule has 0 radical (unpaired) electrons. The summed E-state index contributed by atoms with van der Waals surface area (Å²) < 4.78 is 0. The number of nitrogens with one attached hydrogen (secondary N) is 5. The van der Waals surface area contributed by atoms with Crippen molar-refractivity contribution >= 4 is 35.0 Å². The van der Waals surface area contributed by atoms with Gasteiger partial charge in [-0.15, -0.1) is 0 Å². The van der Waals surface area contributed by atoms with Gasteiger partial charge in [-0.3, -0.25) is 36.3 Å². The highest BCUT2D eigenvalue weighted by Gasteiger charge is 2.26. The molecule has 1 atom stereocenters. The topological polar surface area (TPSA) is 107 Å². The van der Waals surface area contributed by atoms with Gasteiger partial charge in [0.15, 0.2) is 5.11 Å². The zero-order chi connectivity index (χ0) is 19.8. The summed E-state index contributed by atoms with van der Waals surface area (Å²) in [4.78, 5) is 28.6. The minimum atomic E-state index is -0.776. The second-order valence-corrected chi connectivity index (χ2v) is 7.46. The Kier molecular flexibility index (Phi) is 7.18. The molecule has 0 bridgehead atoms. The first-order valence-corrected chi connectivity index (χ1v) is 10.0. The third-order valence-corrected chi connectivity index (χ3v) is 5.01. The van der Waals surface area contributed by atoms with Crippen LogP contribution >= 0.6 is 12.2 Å². The second-order valence-electron chi connectivity index (χ2n) is 7.05. The van der Waals surface area contributed by atoms with Crippen LogP contribution in [0, 0.1) is 0 Å². The van der Waals surface area contributed by atoms with E-state index >= 15 is 0 Å². The van der Waals surface area contributed by atoms with Crippen molar-refractivity contribution in [3.8, 4) is 0 Å². The van der Waals surface area contributed by atoms with Gasteiger partial charge in [-0.05, 0) is 30.6 Å². The molecule has 150 valence electrons. The molecule has 2 amide bonds. The Morgan fingerprint density at radius 2 is 1.86 bits per heavy atom. The molecule has 8 nitrogen and oxygen atoms in total. The molecule has 1 saturated carbocycles. The molecule has 1 heterocycles. The number of rotatable bonds is 5.